The zero-order valence-electron chi connectivity index (χ0n) is 13.0. The van der Waals surface area contributed by atoms with Crippen LogP contribution in [0.2, 0.25) is 0 Å². The third kappa shape index (κ3) is 2.64. The van der Waals surface area contributed by atoms with Crippen LogP contribution in [0.3, 0.4) is 0 Å². The van der Waals surface area contributed by atoms with Gasteiger partial charge in [0.05, 0.1) is 5.71 Å². The minimum atomic E-state index is 0.349. The van der Waals surface area contributed by atoms with Crippen LogP contribution in [-0.2, 0) is 0 Å². The molecule has 0 radical (unpaired) electrons. The van der Waals surface area contributed by atoms with E-state index in [9.17, 15) is 0 Å². The second kappa shape index (κ2) is 6.10. The van der Waals surface area contributed by atoms with Gasteiger partial charge in [0.2, 0.25) is 0 Å². The molecule has 22 heavy (non-hydrogen) atoms. The number of nitrogens with one attached hydrogen (secondary N) is 1. The molecule has 0 fully saturated rings. The third-order valence-corrected chi connectivity index (χ3v) is 4.15. The van der Waals surface area contributed by atoms with Gasteiger partial charge in [-0.1, -0.05) is 60.7 Å². The number of fused-ring (bicyclic) bond motifs is 1. The Kier molecular flexibility index (Phi) is 4.01. The fourth-order valence-electron chi connectivity index (χ4n) is 3.15. The lowest BCUT2D eigenvalue weighted by molar-refractivity contribution is 0.797. The van der Waals surface area contributed by atoms with E-state index < -0.39 is 0 Å². The average molecular weight is 288 g/mol. The van der Waals surface area contributed by atoms with Crippen LogP contribution in [0, 0.1) is 5.41 Å². The van der Waals surface area contributed by atoms with Crippen molar-refractivity contribution in [1.29, 1.82) is 5.41 Å². The number of benzene rings is 2. The second-order valence-electron chi connectivity index (χ2n) is 5.61. The monoisotopic (exact) mass is 288 g/mol. The molecule has 0 aliphatic heterocycles. The van der Waals surface area contributed by atoms with Crippen molar-refractivity contribution in [2.45, 2.75) is 26.2 Å². The smallest absolute Gasteiger partial charge is 0.118 e. The Morgan fingerprint density at radius 2 is 1.77 bits per heavy atom. The summed E-state index contributed by atoms with van der Waals surface area (Å²) in [4.78, 5) is 4.49. The number of amidine groups is 1. The lowest BCUT2D eigenvalue weighted by Crippen LogP contribution is -2.20. The van der Waals surface area contributed by atoms with Crippen LogP contribution < -0.4 is 0 Å². The Hall–Kier alpha value is -2.48. The highest BCUT2D eigenvalue weighted by atomic mass is 14.8. The molecule has 1 atom stereocenters. The van der Waals surface area contributed by atoms with Crippen molar-refractivity contribution in [3.8, 4) is 0 Å². The van der Waals surface area contributed by atoms with Crippen LogP contribution in [-0.4, -0.2) is 11.5 Å². The predicted octanol–water partition coefficient (Wildman–Crippen LogP) is 4.95. The number of nitrogens with zero attached hydrogens (tertiary/aromatic N) is 1. The quantitative estimate of drug-likeness (QED) is 0.569. The van der Waals surface area contributed by atoms with Crippen LogP contribution in [0.1, 0.15) is 42.9 Å². The lowest BCUT2D eigenvalue weighted by Gasteiger charge is -2.29. The maximum absolute atomic E-state index is 7.74. The molecule has 0 amide bonds. The summed E-state index contributed by atoms with van der Waals surface area (Å²) in [5.41, 5.74) is 5.97. The molecule has 1 N–H and O–H groups in total. The Morgan fingerprint density at radius 3 is 2.45 bits per heavy atom. The van der Waals surface area contributed by atoms with Crippen LogP contribution >= 0.6 is 0 Å². The number of aliphatic imine (C=N–C) groups is 1. The molecule has 1 unspecified atom stereocenters. The van der Waals surface area contributed by atoms with E-state index in [4.69, 9.17) is 5.41 Å². The minimum absolute atomic E-state index is 0.349. The zero-order valence-corrected chi connectivity index (χ0v) is 13.0. The summed E-state index contributed by atoms with van der Waals surface area (Å²) in [7, 11) is 0. The molecule has 0 aromatic heterocycles. The molecular formula is C20H20N2. The van der Waals surface area contributed by atoms with Crippen LogP contribution in [0.5, 0.6) is 0 Å². The van der Waals surface area contributed by atoms with Gasteiger partial charge in [0.15, 0.2) is 0 Å². The summed E-state index contributed by atoms with van der Waals surface area (Å²) >= 11 is 0. The Balaban J connectivity index is 2.19. The fraction of sp³-hybridized carbons (Fsp3) is 0.200. The van der Waals surface area contributed by atoms with Gasteiger partial charge < -0.3 is 0 Å². The second-order valence-corrected chi connectivity index (χ2v) is 5.61. The first-order valence-electron chi connectivity index (χ1n) is 7.64. The maximum atomic E-state index is 7.74. The molecule has 2 nitrogen and oxygen atoms in total. The minimum Gasteiger partial charge on any atom is -0.287 e. The van der Waals surface area contributed by atoms with Gasteiger partial charge in [0.1, 0.15) is 5.84 Å². The van der Waals surface area contributed by atoms with Crippen molar-refractivity contribution in [2.75, 3.05) is 0 Å². The molecule has 2 aromatic carbocycles. The molecule has 2 aromatic rings. The van der Waals surface area contributed by atoms with Gasteiger partial charge in [-0.25, -0.2) is 4.99 Å². The van der Waals surface area contributed by atoms with E-state index in [0.717, 1.165) is 17.7 Å². The molecule has 3 rings (SSSR count). The standard InChI is InChI=1S/C20H20N2/c1-3-15-13-19(16-9-5-4-6-10-16)17-11-7-8-12-18(17)20(15)22-14(2)21/h3-12,19,21H,13H2,1-2H3/b15-3-,21-14?,22-20+. The Morgan fingerprint density at radius 1 is 1.09 bits per heavy atom. The van der Waals surface area contributed by atoms with E-state index >= 15 is 0 Å². The van der Waals surface area contributed by atoms with Gasteiger partial charge in [-0.15, -0.1) is 0 Å². The molecule has 0 bridgehead atoms. The summed E-state index contributed by atoms with van der Waals surface area (Å²) in [6.07, 6.45) is 3.07. The number of rotatable bonds is 1. The maximum Gasteiger partial charge on any atom is 0.118 e. The highest BCUT2D eigenvalue weighted by Crippen LogP contribution is 2.39. The highest BCUT2D eigenvalue weighted by Gasteiger charge is 2.28. The van der Waals surface area contributed by atoms with Gasteiger partial charge in [0.25, 0.3) is 0 Å². The molecule has 1 aliphatic carbocycles. The van der Waals surface area contributed by atoms with Gasteiger partial charge >= 0.3 is 0 Å². The van der Waals surface area contributed by atoms with E-state index in [1.807, 2.05) is 6.07 Å². The highest BCUT2D eigenvalue weighted by molar-refractivity contribution is 6.18. The first-order chi connectivity index (χ1) is 10.7. The number of allylic oxidation sites excluding steroid dienone is 2. The third-order valence-electron chi connectivity index (χ3n) is 4.15. The summed E-state index contributed by atoms with van der Waals surface area (Å²) in [6.45, 7) is 3.78. The normalized spacial score (nSPS) is 20.9. The molecule has 0 saturated carbocycles. The van der Waals surface area contributed by atoms with Crippen molar-refractivity contribution in [2.24, 2.45) is 4.99 Å². The molecule has 1 aliphatic rings. The van der Waals surface area contributed by atoms with Crippen LogP contribution in [0.25, 0.3) is 0 Å². The van der Waals surface area contributed by atoms with Gasteiger partial charge in [-0.05, 0) is 37.0 Å². The lowest BCUT2D eigenvalue weighted by atomic mass is 9.75. The summed E-state index contributed by atoms with van der Waals surface area (Å²) in [5, 5.41) is 7.74. The van der Waals surface area contributed by atoms with E-state index in [1.165, 1.54) is 16.7 Å². The first kappa shape index (κ1) is 14.5. The van der Waals surface area contributed by atoms with Crippen LogP contribution in [0.4, 0.5) is 0 Å². The van der Waals surface area contributed by atoms with E-state index in [-0.39, 0.29) is 0 Å². The predicted molar refractivity (Wildman–Crippen MR) is 93.0 cm³/mol. The molecule has 0 heterocycles. The summed E-state index contributed by atoms with van der Waals surface area (Å²) < 4.78 is 0. The number of hydrogen-bond acceptors (Lipinski definition) is 1. The van der Waals surface area contributed by atoms with Gasteiger partial charge in [-0.3, -0.25) is 5.41 Å². The van der Waals surface area contributed by atoms with E-state index in [0.29, 0.717) is 11.8 Å². The molecular weight excluding hydrogens is 268 g/mol. The van der Waals surface area contributed by atoms with Gasteiger partial charge in [0, 0.05) is 11.5 Å². The Labute approximate surface area is 131 Å². The molecule has 2 heteroatoms. The SMILES string of the molecule is C/C=C1/CC(c2ccccc2)c2ccccc2/C1=N/C(C)=N. The molecule has 0 saturated heterocycles. The largest absolute Gasteiger partial charge is 0.287 e. The zero-order chi connectivity index (χ0) is 15.5. The number of hydrogen-bond donors (Lipinski definition) is 1. The van der Waals surface area contributed by atoms with E-state index in [1.54, 1.807) is 6.92 Å². The topological polar surface area (TPSA) is 36.2 Å². The summed E-state index contributed by atoms with van der Waals surface area (Å²) in [6, 6.07) is 19.1. The fourth-order valence-corrected chi connectivity index (χ4v) is 3.15. The van der Waals surface area contributed by atoms with Crippen LogP contribution in [0.15, 0.2) is 71.2 Å². The summed E-state index contributed by atoms with van der Waals surface area (Å²) in [5.74, 6) is 0.705. The molecule has 0 spiro atoms. The first-order valence-corrected chi connectivity index (χ1v) is 7.64. The van der Waals surface area contributed by atoms with E-state index in [2.05, 4.69) is 66.5 Å². The van der Waals surface area contributed by atoms with Gasteiger partial charge in [-0.2, -0.15) is 0 Å². The Bertz CT molecular complexity index is 754. The van der Waals surface area contributed by atoms with Crippen molar-refractivity contribution < 1.29 is 0 Å². The van der Waals surface area contributed by atoms with Crippen molar-refractivity contribution >= 4 is 11.5 Å². The van der Waals surface area contributed by atoms with Crippen molar-refractivity contribution in [1.82, 2.24) is 0 Å². The molecule has 110 valence electrons. The van der Waals surface area contributed by atoms with Crippen molar-refractivity contribution in [3.05, 3.63) is 82.9 Å². The van der Waals surface area contributed by atoms with Crippen molar-refractivity contribution in [3.63, 3.8) is 0 Å². The average Bonchev–Trinajstić information content (AvgIpc) is 2.55.